The maximum atomic E-state index is 13.9. The van der Waals surface area contributed by atoms with Crippen LogP contribution in [0.1, 0.15) is 89.6 Å². The molecule has 1 aliphatic rings. The predicted octanol–water partition coefficient (Wildman–Crippen LogP) is 10.5. The number of carbonyl (C=O) groups excluding carboxylic acids is 2. The average Bonchev–Trinajstić information content (AvgIpc) is 3.46. The molecule has 1 fully saturated rings. The van der Waals surface area contributed by atoms with E-state index >= 15 is 0 Å². The fourth-order valence-corrected chi connectivity index (χ4v) is 6.70. The number of carbonyl (C=O) groups is 2. The van der Waals surface area contributed by atoms with Crippen molar-refractivity contribution >= 4 is 28.9 Å². The van der Waals surface area contributed by atoms with Crippen molar-refractivity contribution in [2.75, 3.05) is 4.90 Å². The van der Waals surface area contributed by atoms with E-state index in [0.717, 1.165) is 89.7 Å². The molecule has 0 radical (unpaired) electrons. The number of unbranched alkanes of at least 4 members (excludes halogenated alkanes) is 1. The SMILES string of the molecule is CCCCc1nc2ccc(N(Cc3ccccc3)C(=O)NC3CCCCC3)cc2n1Cc1ccc(-c2ccccc2OC(=O)OC(C)(C)C)cc1. The highest BCUT2D eigenvalue weighted by Gasteiger charge is 2.23. The molecule has 266 valence electrons. The van der Waals surface area contributed by atoms with Gasteiger partial charge in [0.25, 0.3) is 0 Å². The molecule has 8 nitrogen and oxygen atoms in total. The number of benzene rings is 4. The number of aromatic nitrogens is 2. The third-order valence-corrected chi connectivity index (χ3v) is 9.31. The summed E-state index contributed by atoms with van der Waals surface area (Å²) in [6, 6.07) is 32.3. The molecule has 51 heavy (non-hydrogen) atoms. The zero-order valence-corrected chi connectivity index (χ0v) is 30.4. The van der Waals surface area contributed by atoms with Crippen LogP contribution in [0.25, 0.3) is 22.2 Å². The number of ether oxygens (including phenoxy) is 2. The first-order chi connectivity index (χ1) is 24.7. The number of hydrogen-bond donors (Lipinski definition) is 1. The van der Waals surface area contributed by atoms with Gasteiger partial charge in [0.2, 0.25) is 0 Å². The second-order valence-electron chi connectivity index (χ2n) is 14.5. The summed E-state index contributed by atoms with van der Waals surface area (Å²) in [4.78, 5) is 33.3. The number of rotatable bonds is 11. The molecule has 0 atom stereocenters. The smallest absolute Gasteiger partial charge is 0.428 e. The lowest BCUT2D eigenvalue weighted by molar-refractivity contribution is 0.0207. The molecule has 0 unspecified atom stereocenters. The van der Waals surface area contributed by atoms with Crippen LogP contribution in [-0.4, -0.2) is 33.4 Å². The van der Waals surface area contributed by atoms with Crippen LogP contribution in [0.5, 0.6) is 5.75 Å². The minimum absolute atomic E-state index is 0.0612. The van der Waals surface area contributed by atoms with E-state index in [1.165, 1.54) is 6.42 Å². The van der Waals surface area contributed by atoms with Crippen LogP contribution in [0.15, 0.2) is 97.1 Å². The third kappa shape index (κ3) is 9.37. The molecule has 2 amide bonds. The summed E-state index contributed by atoms with van der Waals surface area (Å²) in [7, 11) is 0. The Bertz CT molecular complexity index is 1920. The summed E-state index contributed by atoms with van der Waals surface area (Å²) in [6.45, 7) is 8.73. The van der Waals surface area contributed by atoms with Gasteiger partial charge in [0, 0.05) is 30.3 Å². The van der Waals surface area contributed by atoms with Crippen molar-refractivity contribution in [3.05, 3.63) is 114 Å². The molecule has 1 aliphatic carbocycles. The first-order valence-corrected chi connectivity index (χ1v) is 18.4. The zero-order chi connectivity index (χ0) is 35.8. The molecule has 0 bridgehead atoms. The first kappa shape index (κ1) is 35.7. The number of fused-ring (bicyclic) bond motifs is 1. The lowest BCUT2D eigenvalue weighted by Crippen LogP contribution is -2.45. The quantitative estimate of drug-likeness (QED) is 0.110. The number of anilines is 1. The van der Waals surface area contributed by atoms with Crippen LogP contribution in [0, 0.1) is 0 Å². The molecule has 1 heterocycles. The van der Waals surface area contributed by atoms with E-state index in [0.29, 0.717) is 18.8 Å². The molecule has 4 aromatic carbocycles. The Kier molecular flexibility index (Phi) is 11.4. The van der Waals surface area contributed by atoms with Gasteiger partial charge in [-0.1, -0.05) is 105 Å². The van der Waals surface area contributed by atoms with Crippen LogP contribution in [0.3, 0.4) is 0 Å². The van der Waals surface area contributed by atoms with Gasteiger partial charge < -0.3 is 19.4 Å². The van der Waals surface area contributed by atoms with E-state index < -0.39 is 11.8 Å². The van der Waals surface area contributed by atoms with Crippen LogP contribution >= 0.6 is 0 Å². The number of urea groups is 1. The summed E-state index contributed by atoms with van der Waals surface area (Å²) in [5, 5.41) is 3.35. The number of nitrogens with zero attached hydrogens (tertiary/aromatic N) is 3. The summed E-state index contributed by atoms with van der Waals surface area (Å²) in [5.41, 5.74) is 6.05. The molecule has 6 rings (SSSR count). The van der Waals surface area contributed by atoms with Crippen molar-refractivity contribution in [1.82, 2.24) is 14.9 Å². The van der Waals surface area contributed by atoms with E-state index in [4.69, 9.17) is 14.5 Å². The number of nitrogens with one attached hydrogen (secondary N) is 1. The van der Waals surface area contributed by atoms with Gasteiger partial charge in [0.15, 0.2) is 0 Å². The summed E-state index contributed by atoms with van der Waals surface area (Å²) >= 11 is 0. The number of aryl methyl sites for hydroxylation is 1. The van der Waals surface area contributed by atoms with Gasteiger partial charge in [-0.25, -0.2) is 14.6 Å². The van der Waals surface area contributed by atoms with E-state index in [9.17, 15) is 9.59 Å². The Hall–Kier alpha value is -5.11. The van der Waals surface area contributed by atoms with Gasteiger partial charge in [-0.15, -0.1) is 0 Å². The normalized spacial score (nSPS) is 13.6. The average molecular weight is 687 g/mol. The van der Waals surface area contributed by atoms with Gasteiger partial charge in [0.1, 0.15) is 17.2 Å². The Labute approximate surface area is 301 Å². The Morgan fingerprint density at radius 1 is 0.882 bits per heavy atom. The van der Waals surface area contributed by atoms with E-state index in [-0.39, 0.29) is 12.1 Å². The van der Waals surface area contributed by atoms with Gasteiger partial charge in [0.05, 0.1) is 17.6 Å². The number of amides is 2. The third-order valence-electron chi connectivity index (χ3n) is 9.31. The highest BCUT2D eigenvalue weighted by Crippen LogP contribution is 2.32. The Balaban J connectivity index is 1.30. The largest absolute Gasteiger partial charge is 0.514 e. The molecule has 0 aliphatic heterocycles. The van der Waals surface area contributed by atoms with Crippen LogP contribution in [-0.2, 0) is 24.2 Å². The topological polar surface area (TPSA) is 85.7 Å². The fourth-order valence-electron chi connectivity index (χ4n) is 6.70. The molecule has 8 heteroatoms. The lowest BCUT2D eigenvalue weighted by Gasteiger charge is -2.28. The number of para-hydroxylation sites is 1. The first-order valence-electron chi connectivity index (χ1n) is 18.4. The second-order valence-corrected chi connectivity index (χ2v) is 14.5. The molecular formula is C43H50N4O4. The Morgan fingerprint density at radius 3 is 2.33 bits per heavy atom. The fraction of sp³-hybridized carbons (Fsp3) is 0.372. The highest BCUT2D eigenvalue weighted by atomic mass is 16.7. The van der Waals surface area contributed by atoms with E-state index in [1.807, 2.05) is 74.2 Å². The molecule has 1 N–H and O–H groups in total. The van der Waals surface area contributed by atoms with E-state index in [2.05, 4.69) is 59.3 Å². The standard InChI is InChI=1S/C43H50N4O4/c1-5-6-21-40-45-37-27-26-35(46(29-31-15-9-7-10-16-31)41(48)44-34-17-11-8-12-18-34)28-38(37)47(40)30-32-22-24-33(25-23-32)36-19-13-14-20-39(36)50-42(49)51-43(2,3)4/h7,9-10,13-16,19-20,22-28,34H,5-6,8,11-12,17-18,21,29-30H2,1-4H3,(H,44,48). The summed E-state index contributed by atoms with van der Waals surface area (Å²) < 4.78 is 13.3. The van der Waals surface area contributed by atoms with Crippen molar-refractivity contribution in [2.45, 2.75) is 104 Å². The second kappa shape index (κ2) is 16.3. The molecule has 1 aromatic heterocycles. The number of imidazole rings is 1. The van der Waals surface area contributed by atoms with Crippen molar-refractivity contribution < 1.29 is 19.1 Å². The predicted molar refractivity (Wildman–Crippen MR) is 204 cm³/mol. The van der Waals surface area contributed by atoms with Crippen LogP contribution in [0.4, 0.5) is 15.3 Å². The van der Waals surface area contributed by atoms with Crippen molar-refractivity contribution in [2.24, 2.45) is 0 Å². The van der Waals surface area contributed by atoms with Gasteiger partial charge >= 0.3 is 12.2 Å². The maximum absolute atomic E-state index is 13.9. The molecule has 0 spiro atoms. The maximum Gasteiger partial charge on any atom is 0.514 e. The molecule has 5 aromatic rings. The van der Waals surface area contributed by atoms with Crippen molar-refractivity contribution in [3.63, 3.8) is 0 Å². The van der Waals surface area contributed by atoms with Crippen molar-refractivity contribution in [3.8, 4) is 16.9 Å². The summed E-state index contributed by atoms with van der Waals surface area (Å²) in [5.74, 6) is 1.48. The minimum Gasteiger partial charge on any atom is -0.428 e. The highest BCUT2D eigenvalue weighted by molar-refractivity contribution is 5.94. The zero-order valence-electron chi connectivity index (χ0n) is 30.4. The van der Waals surface area contributed by atoms with Crippen LogP contribution in [0.2, 0.25) is 0 Å². The van der Waals surface area contributed by atoms with Gasteiger partial charge in [-0.3, -0.25) is 4.90 Å². The molecule has 0 saturated heterocycles. The molecular weight excluding hydrogens is 636 g/mol. The van der Waals surface area contributed by atoms with Gasteiger partial charge in [-0.2, -0.15) is 0 Å². The van der Waals surface area contributed by atoms with Gasteiger partial charge in [-0.05, 0) is 81.0 Å². The number of hydrogen-bond acceptors (Lipinski definition) is 5. The monoisotopic (exact) mass is 686 g/mol. The van der Waals surface area contributed by atoms with E-state index in [1.54, 1.807) is 6.07 Å². The lowest BCUT2D eigenvalue weighted by atomic mass is 9.96. The van der Waals surface area contributed by atoms with Crippen molar-refractivity contribution in [1.29, 1.82) is 0 Å². The Morgan fingerprint density at radius 2 is 1.61 bits per heavy atom. The minimum atomic E-state index is -0.730. The summed E-state index contributed by atoms with van der Waals surface area (Å²) in [6.07, 6.45) is 7.84. The molecule has 1 saturated carbocycles. The van der Waals surface area contributed by atoms with Crippen LogP contribution < -0.4 is 15.0 Å².